The van der Waals surface area contributed by atoms with E-state index in [-0.39, 0.29) is 18.6 Å². The Morgan fingerprint density at radius 3 is 2.74 bits per heavy atom. The van der Waals surface area contributed by atoms with E-state index in [9.17, 15) is 4.79 Å². The third-order valence-electron chi connectivity index (χ3n) is 2.76. The summed E-state index contributed by atoms with van der Waals surface area (Å²) in [7, 11) is 0. The molecule has 1 aromatic heterocycles. The molecule has 0 aliphatic rings. The molecule has 2 aromatic rings. The van der Waals surface area contributed by atoms with Crippen LogP contribution in [0.3, 0.4) is 0 Å². The first-order chi connectivity index (χ1) is 9.20. The quantitative estimate of drug-likeness (QED) is 0.832. The van der Waals surface area contributed by atoms with Crippen molar-refractivity contribution in [3.63, 3.8) is 0 Å². The molecule has 0 fully saturated rings. The minimum atomic E-state index is -0.147. The highest BCUT2D eigenvalue weighted by molar-refractivity contribution is 5.94. The molecular weight excluding hydrogens is 244 g/mol. The SMILES string of the molecule is CC(CCO)NC(=O)c1ccc(-n2ccnn2)cc1. The van der Waals surface area contributed by atoms with Crippen molar-refractivity contribution in [2.45, 2.75) is 19.4 Å². The van der Waals surface area contributed by atoms with Gasteiger partial charge in [-0.25, -0.2) is 4.68 Å². The molecule has 2 rings (SSSR count). The standard InChI is InChI=1S/C13H16N4O2/c1-10(6-9-18)15-13(19)11-2-4-12(5-3-11)17-8-7-14-16-17/h2-5,7-8,10,18H,6,9H2,1H3,(H,15,19). The van der Waals surface area contributed by atoms with Gasteiger partial charge in [0.05, 0.1) is 18.1 Å². The largest absolute Gasteiger partial charge is 0.396 e. The van der Waals surface area contributed by atoms with Crippen LogP contribution in [0.25, 0.3) is 5.69 Å². The van der Waals surface area contributed by atoms with E-state index in [1.54, 1.807) is 41.3 Å². The second-order valence-corrected chi connectivity index (χ2v) is 4.28. The van der Waals surface area contributed by atoms with Crippen molar-refractivity contribution in [3.8, 4) is 5.69 Å². The Bertz CT molecular complexity index is 522. The van der Waals surface area contributed by atoms with Gasteiger partial charge in [-0.15, -0.1) is 5.10 Å². The van der Waals surface area contributed by atoms with Crippen LogP contribution < -0.4 is 5.32 Å². The highest BCUT2D eigenvalue weighted by Crippen LogP contribution is 2.08. The van der Waals surface area contributed by atoms with E-state index in [0.29, 0.717) is 12.0 Å². The van der Waals surface area contributed by atoms with Gasteiger partial charge in [-0.3, -0.25) is 4.79 Å². The molecule has 0 radical (unpaired) electrons. The van der Waals surface area contributed by atoms with Crippen molar-refractivity contribution in [1.29, 1.82) is 0 Å². The number of aliphatic hydroxyl groups is 1. The number of carbonyl (C=O) groups excluding carboxylic acids is 1. The maximum Gasteiger partial charge on any atom is 0.251 e. The molecule has 1 amide bonds. The van der Waals surface area contributed by atoms with Gasteiger partial charge in [0.25, 0.3) is 5.91 Å². The van der Waals surface area contributed by atoms with Crippen LogP contribution in [0.4, 0.5) is 0 Å². The Kier molecular flexibility index (Phi) is 4.25. The number of hydrogen-bond donors (Lipinski definition) is 2. The van der Waals surface area contributed by atoms with Crippen LogP contribution in [0, 0.1) is 0 Å². The lowest BCUT2D eigenvalue weighted by Crippen LogP contribution is -2.33. The van der Waals surface area contributed by atoms with E-state index < -0.39 is 0 Å². The molecule has 6 heteroatoms. The number of amides is 1. The van der Waals surface area contributed by atoms with Gasteiger partial charge in [-0.05, 0) is 37.6 Å². The zero-order valence-electron chi connectivity index (χ0n) is 10.7. The molecule has 0 spiro atoms. The number of aliphatic hydroxyl groups excluding tert-OH is 1. The molecule has 0 aliphatic heterocycles. The zero-order chi connectivity index (χ0) is 13.7. The van der Waals surface area contributed by atoms with Crippen LogP contribution in [-0.2, 0) is 0 Å². The summed E-state index contributed by atoms with van der Waals surface area (Å²) in [5.74, 6) is -0.147. The van der Waals surface area contributed by atoms with Gasteiger partial charge >= 0.3 is 0 Å². The molecule has 100 valence electrons. The third kappa shape index (κ3) is 3.38. The maximum atomic E-state index is 11.9. The summed E-state index contributed by atoms with van der Waals surface area (Å²) in [6.07, 6.45) is 3.87. The topological polar surface area (TPSA) is 80.0 Å². The number of nitrogens with zero attached hydrogens (tertiary/aromatic N) is 3. The lowest BCUT2D eigenvalue weighted by Gasteiger charge is -2.12. The van der Waals surface area contributed by atoms with Crippen molar-refractivity contribution >= 4 is 5.91 Å². The molecule has 0 saturated carbocycles. The first-order valence-electron chi connectivity index (χ1n) is 6.09. The number of hydrogen-bond acceptors (Lipinski definition) is 4. The van der Waals surface area contributed by atoms with Crippen LogP contribution in [0.15, 0.2) is 36.7 Å². The monoisotopic (exact) mass is 260 g/mol. The predicted octanol–water partition coefficient (Wildman–Crippen LogP) is 0.768. The molecule has 6 nitrogen and oxygen atoms in total. The van der Waals surface area contributed by atoms with Crippen molar-refractivity contribution in [3.05, 3.63) is 42.2 Å². The first kappa shape index (κ1) is 13.2. The number of carbonyl (C=O) groups is 1. The summed E-state index contributed by atoms with van der Waals surface area (Å²) < 4.78 is 1.62. The fourth-order valence-corrected chi connectivity index (χ4v) is 1.68. The smallest absolute Gasteiger partial charge is 0.251 e. The average Bonchev–Trinajstić information content (AvgIpc) is 2.93. The lowest BCUT2D eigenvalue weighted by atomic mass is 10.1. The second-order valence-electron chi connectivity index (χ2n) is 4.28. The fourth-order valence-electron chi connectivity index (χ4n) is 1.68. The summed E-state index contributed by atoms with van der Waals surface area (Å²) >= 11 is 0. The first-order valence-corrected chi connectivity index (χ1v) is 6.09. The molecule has 1 aromatic carbocycles. The van der Waals surface area contributed by atoms with E-state index in [0.717, 1.165) is 5.69 Å². The minimum Gasteiger partial charge on any atom is -0.396 e. The number of nitrogens with one attached hydrogen (secondary N) is 1. The Morgan fingerprint density at radius 2 is 2.16 bits per heavy atom. The molecular formula is C13H16N4O2. The summed E-state index contributed by atoms with van der Waals surface area (Å²) in [6.45, 7) is 1.92. The van der Waals surface area contributed by atoms with Crippen LogP contribution in [0.1, 0.15) is 23.7 Å². The number of aromatic nitrogens is 3. The molecule has 1 atom stereocenters. The molecule has 1 unspecified atom stereocenters. The Balaban J connectivity index is 2.04. The summed E-state index contributed by atoms with van der Waals surface area (Å²) in [5.41, 5.74) is 1.42. The van der Waals surface area contributed by atoms with Gasteiger partial charge < -0.3 is 10.4 Å². The second kappa shape index (κ2) is 6.10. The Hall–Kier alpha value is -2.21. The molecule has 2 N–H and O–H groups in total. The number of benzene rings is 1. The van der Waals surface area contributed by atoms with Crippen molar-refractivity contribution < 1.29 is 9.90 Å². The van der Waals surface area contributed by atoms with Crippen LogP contribution in [0.5, 0.6) is 0 Å². The highest BCUT2D eigenvalue weighted by atomic mass is 16.3. The minimum absolute atomic E-state index is 0.0486. The van der Waals surface area contributed by atoms with Crippen molar-refractivity contribution in [1.82, 2.24) is 20.3 Å². The molecule has 1 heterocycles. The van der Waals surface area contributed by atoms with E-state index in [1.807, 2.05) is 6.92 Å². The van der Waals surface area contributed by atoms with E-state index >= 15 is 0 Å². The van der Waals surface area contributed by atoms with E-state index in [4.69, 9.17) is 5.11 Å². The van der Waals surface area contributed by atoms with Gasteiger partial charge in [0.1, 0.15) is 0 Å². The zero-order valence-corrected chi connectivity index (χ0v) is 10.7. The summed E-state index contributed by atoms with van der Waals surface area (Å²) in [6, 6.07) is 7.03. The lowest BCUT2D eigenvalue weighted by molar-refractivity contribution is 0.0934. The molecule has 19 heavy (non-hydrogen) atoms. The predicted molar refractivity (Wildman–Crippen MR) is 70.0 cm³/mol. The summed E-state index contributed by atoms with van der Waals surface area (Å²) in [4.78, 5) is 11.9. The fraction of sp³-hybridized carbons (Fsp3) is 0.308. The normalized spacial score (nSPS) is 12.1. The van der Waals surface area contributed by atoms with Crippen LogP contribution in [-0.4, -0.2) is 38.7 Å². The maximum absolute atomic E-state index is 11.9. The highest BCUT2D eigenvalue weighted by Gasteiger charge is 2.09. The van der Waals surface area contributed by atoms with Gasteiger partial charge in [0, 0.05) is 18.2 Å². The van der Waals surface area contributed by atoms with Crippen LogP contribution >= 0.6 is 0 Å². The van der Waals surface area contributed by atoms with Gasteiger partial charge in [-0.2, -0.15) is 0 Å². The Labute approximate surface area is 111 Å². The molecule has 0 aliphatic carbocycles. The van der Waals surface area contributed by atoms with Gasteiger partial charge in [-0.1, -0.05) is 5.21 Å². The average molecular weight is 260 g/mol. The summed E-state index contributed by atoms with van der Waals surface area (Å²) in [5, 5.41) is 19.2. The molecule has 0 saturated heterocycles. The number of rotatable bonds is 5. The van der Waals surface area contributed by atoms with Crippen molar-refractivity contribution in [2.75, 3.05) is 6.61 Å². The van der Waals surface area contributed by atoms with Crippen molar-refractivity contribution in [2.24, 2.45) is 0 Å². The van der Waals surface area contributed by atoms with E-state index in [1.165, 1.54) is 0 Å². The Morgan fingerprint density at radius 1 is 1.42 bits per heavy atom. The van der Waals surface area contributed by atoms with Gasteiger partial charge in [0.2, 0.25) is 0 Å². The van der Waals surface area contributed by atoms with E-state index in [2.05, 4.69) is 15.6 Å². The van der Waals surface area contributed by atoms with Crippen LogP contribution in [0.2, 0.25) is 0 Å². The third-order valence-corrected chi connectivity index (χ3v) is 2.76. The molecule has 0 bridgehead atoms. The van der Waals surface area contributed by atoms with Gasteiger partial charge in [0.15, 0.2) is 0 Å².